The first-order valence-electron chi connectivity index (χ1n) is 8.48. The zero-order valence-electron chi connectivity index (χ0n) is 14.2. The van der Waals surface area contributed by atoms with Crippen LogP contribution in [0.3, 0.4) is 0 Å². The zero-order chi connectivity index (χ0) is 15.9. The van der Waals surface area contributed by atoms with Crippen molar-refractivity contribution in [1.82, 2.24) is 9.88 Å². The van der Waals surface area contributed by atoms with Crippen molar-refractivity contribution >= 4 is 0 Å². The van der Waals surface area contributed by atoms with Crippen molar-refractivity contribution in [3.8, 4) is 0 Å². The second kappa shape index (κ2) is 8.61. The number of nitrogens with zero attached hydrogens (tertiary/aromatic N) is 2. The third-order valence-corrected chi connectivity index (χ3v) is 4.56. The largest absolute Gasteiger partial charge is 0.400 e. The molecule has 0 radical (unpaired) electrons. The molecular weight excluding hydrogens is 276 g/mol. The first-order valence-corrected chi connectivity index (χ1v) is 8.48. The molecule has 1 N–H and O–H groups in total. The average Bonchev–Trinajstić information content (AvgIpc) is 3.22. The van der Waals surface area contributed by atoms with Gasteiger partial charge in [0.05, 0.1) is 12.3 Å². The predicted octanol–water partition coefficient (Wildman–Crippen LogP) is 2.91. The number of hydrogen-bond donors (Lipinski definition) is 1. The molecule has 1 atom stereocenters. The molecule has 0 saturated carbocycles. The number of rotatable bonds is 4. The minimum atomic E-state index is 0.501. The SMILES string of the molecule is CC(C)c1ccc([C@@H]2CCOC2)c(CN2CCCC2)n1.CO. The highest BCUT2D eigenvalue weighted by molar-refractivity contribution is 5.28. The van der Waals surface area contributed by atoms with Crippen molar-refractivity contribution in [2.45, 2.75) is 51.5 Å². The van der Waals surface area contributed by atoms with Gasteiger partial charge in [0.1, 0.15) is 0 Å². The summed E-state index contributed by atoms with van der Waals surface area (Å²) in [4.78, 5) is 7.53. The van der Waals surface area contributed by atoms with Crippen LogP contribution in [0.5, 0.6) is 0 Å². The summed E-state index contributed by atoms with van der Waals surface area (Å²) in [5.41, 5.74) is 3.95. The van der Waals surface area contributed by atoms with Gasteiger partial charge >= 0.3 is 0 Å². The van der Waals surface area contributed by atoms with Crippen LogP contribution in [0.1, 0.15) is 61.9 Å². The van der Waals surface area contributed by atoms with Crippen LogP contribution in [0.4, 0.5) is 0 Å². The lowest BCUT2D eigenvalue weighted by atomic mass is 9.95. The Kier molecular flexibility index (Phi) is 6.80. The number of aliphatic hydroxyl groups excluding tert-OH is 1. The van der Waals surface area contributed by atoms with Gasteiger partial charge in [-0.15, -0.1) is 0 Å². The fraction of sp³-hybridized carbons (Fsp3) is 0.722. The van der Waals surface area contributed by atoms with Crippen LogP contribution in [0.2, 0.25) is 0 Å². The van der Waals surface area contributed by atoms with E-state index in [1.54, 1.807) is 0 Å². The van der Waals surface area contributed by atoms with E-state index in [-0.39, 0.29) is 0 Å². The van der Waals surface area contributed by atoms with Gasteiger partial charge in [-0.3, -0.25) is 9.88 Å². The number of likely N-dealkylation sites (tertiary alicyclic amines) is 1. The summed E-state index contributed by atoms with van der Waals surface area (Å²) in [5.74, 6) is 1.06. The molecule has 0 amide bonds. The Morgan fingerprint density at radius 1 is 1.27 bits per heavy atom. The van der Waals surface area contributed by atoms with Gasteiger partial charge in [-0.05, 0) is 49.9 Å². The third-order valence-electron chi connectivity index (χ3n) is 4.56. The monoisotopic (exact) mass is 306 g/mol. The molecule has 0 spiro atoms. The van der Waals surface area contributed by atoms with Crippen LogP contribution >= 0.6 is 0 Å². The van der Waals surface area contributed by atoms with Crippen molar-refractivity contribution in [3.63, 3.8) is 0 Å². The van der Waals surface area contributed by atoms with Gasteiger partial charge in [0.2, 0.25) is 0 Å². The Balaban J connectivity index is 0.000000847. The van der Waals surface area contributed by atoms with Crippen molar-refractivity contribution in [1.29, 1.82) is 0 Å². The van der Waals surface area contributed by atoms with Gasteiger partial charge in [-0.2, -0.15) is 0 Å². The maximum Gasteiger partial charge on any atom is 0.0583 e. The fourth-order valence-corrected chi connectivity index (χ4v) is 3.28. The van der Waals surface area contributed by atoms with E-state index in [1.165, 1.54) is 42.9 Å². The second-order valence-electron chi connectivity index (χ2n) is 6.47. The number of aliphatic hydroxyl groups is 1. The van der Waals surface area contributed by atoms with E-state index in [1.807, 2.05) is 0 Å². The van der Waals surface area contributed by atoms with Crippen LogP contribution in [0.25, 0.3) is 0 Å². The van der Waals surface area contributed by atoms with E-state index in [4.69, 9.17) is 14.8 Å². The Morgan fingerprint density at radius 3 is 2.59 bits per heavy atom. The van der Waals surface area contributed by atoms with E-state index < -0.39 is 0 Å². The van der Waals surface area contributed by atoms with Crippen molar-refractivity contribution < 1.29 is 9.84 Å². The van der Waals surface area contributed by atoms with Crippen LogP contribution < -0.4 is 0 Å². The van der Waals surface area contributed by atoms with E-state index in [0.717, 1.165) is 33.3 Å². The summed E-state index contributed by atoms with van der Waals surface area (Å²) in [6, 6.07) is 4.53. The molecular formula is C18H30N2O2. The molecule has 0 aliphatic carbocycles. The van der Waals surface area contributed by atoms with E-state index in [9.17, 15) is 0 Å². The molecule has 2 saturated heterocycles. The molecule has 2 aliphatic rings. The Bertz CT molecular complexity index is 450. The number of aromatic nitrogens is 1. The molecule has 3 rings (SSSR count). The van der Waals surface area contributed by atoms with Gasteiger partial charge in [0.15, 0.2) is 0 Å². The molecule has 0 unspecified atom stereocenters. The topological polar surface area (TPSA) is 45.6 Å². The molecule has 1 aromatic rings. The molecule has 4 heteroatoms. The highest BCUT2D eigenvalue weighted by Gasteiger charge is 2.23. The van der Waals surface area contributed by atoms with Crippen molar-refractivity contribution in [2.24, 2.45) is 0 Å². The number of hydrogen-bond acceptors (Lipinski definition) is 4. The molecule has 124 valence electrons. The lowest BCUT2D eigenvalue weighted by molar-refractivity contribution is 0.193. The first kappa shape index (κ1) is 17.4. The number of pyridine rings is 1. The summed E-state index contributed by atoms with van der Waals surface area (Å²) >= 11 is 0. The van der Waals surface area contributed by atoms with Crippen molar-refractivity contribution in [2.75, 3.05) is 33.4 Å². The van der Waals surface area contributed by atoms with E-state index in [2.05, 4.69) is 30.9 Å². The standard InChI is InChI=1S/C17H26N2O.CH4O/c1-13(2)16-6-5-15(14-7-10-20-12-14)17(18-16)11-19-8-3-4-9-19;1-2/h5-6,13-14H,3-4,7-12H2,1-2H3;2H,1H3/t14-;/m1./s1. The Labute approximate surface area is 134 Å². The summed E-state index contributed by atoms with van der Waals surface area (Å²) in [6.07, 6.45) is 3.83. The molecule has 2 fully saturated rings. The van der Waals surface area contributed by atoms with Gasteiger partial charge in [-0.1, -0.05) is 19.9 Å². The Hall–Kier alpha value is -0.970. The highest BCUT2D eigenvalue weighted by Crippen LogP contribution is 2.29. The fourth-order valence-electron chi connectivity index (χ4n) is 3.28. The Morgan fingerprint density at radius 2 is 2.00 bits per heavy atom. The lowest BCUT2D eigenvalue weighted by Crippen LogP contribution is -2.21. The van der Waals surface area contributed by atoms with E-state index in [0.29, 0.717) is 11.8 Å². The summed E-state index contributed by atoms with van der Waals surface area (Å²) in [5, 5.41) is 7.00. The molecule has 2 aliphatic heterocycles. The molecule has 3 heterocycles. The molecule has 0 bridgehead atoms. The molecule has 1 aromatic heterocycles. The van der Waals surface area contributed by atoms with Crippen LogP contribution in [0, 0.1) is 0 Å². The van der Waals surface area contributed by atoms with Gasteiger partial charge < -0.3 is 9.84 Å². The second-order valence-corrected chi connectivity index (χ2v) is 6.47. The maximum absolute atomic E-state index is 7.00. The first-order chi connectivity index (χ1) is 10.7. The summed E-state index contributed by atoms with van der Waals surface area (Å²) in [7, 11) is 1.00. The van der Waals surface area contributed by atoms with Crippen LogP contribution in [-0.4, -0.2) is 48.4 Å². The van der Waals surface area contributed by atoms with Gasteiger partial charge in [0.25, 0.3) is 0 Å². The van der Waals surface area contributed by atoms with Gasteiger partial charge in [-0.25, -0.2) is 0 Å². The molecule has 4 nitrogen and oxygen atoms in total. The minimum Gasteiger partial charge on any atom is -0.400 e. The maximum atomic E-state index is 7.00. The highest BCUT2D eigenvalue weighted by atomic mass is 16.5. The average molecular weight is 306 g/mol. The third kappa shape index (κ3) is 4.28. The van der Waals surface area contributed by atoms with Gasteiger partial charge in [0, 0.05) is 31.9 Å². The normalized spacial score (nSPS) is 22.0. The smallest absolute Gasteiger partial charge is 0.0583 e. The quantitative estimate of drug-likeness (QED) is 0.929. The lowest BCUT2D eigenvalue weighted by Gasteiger charge is -2.20. The van der Waals surface area contributed by atoms with E-state index >= 15 is 0 Å². The summed E-state index contributed by atoms with van der Waals surface area (Å²) in [6.45, 7) is 9.70. The van der Waals surface area contributed by atoms with Crippen LogP contribution in [0.15, 0.2) is 12.1 Å². The minimum absolute atomic E-state index is 0.501. The van der Waals surface area contributed by atoms with Crippen LogP contribution in [-0.2, 0) is 11.3 Å². The summed E-state index contributed by atoms with van der Waals surface area (Å²) < 4.78 is 5.57. The zero-order valence-corrected chi connectivity index (χ0v) is 14.2. The van der Waals surface area contributed by atoms with Crippen molar-refractivity contribution in [3.05, 3.63) is 29.1 Å². The predicted molar refractivity (Wildman–Crippen MR) is 89.2 cm³/mol. The molecule has 0 aromatic carbocycles. The molecule has 22 heavy (non-hydrogen) atoms. The number of ether oxygens (including phenoxy) is 1.